The topological polar surface area (TPSA) is 146 Å². The average Bonchev–Trinajstić information content (AvgIpc) is 3.68. The maximum absolute atomic E-state index is 14.3. The summed E-state index contributed by atoms with van der Waals surface area (Å²) >= 11 is 0. The molecule has 0 bridgehead atoms. The summed E-state index contributed by atoms with van der Waals surface area (Å²) in [6, 6.07) is 20.6. The van der Waals surface area contributed by atoms with Gasteiger partial charge in [0.2, 0.25) is 11.8 Å². The van der Waals surface area contributed by atoms with E-state index in [1.54, 1.807) is 60.7 Å². The monoisotopic (exact) mass is 660 g/mol. The molecule has 47 heavy (non-hydrogen) atoms. The van der Waals surface area contributed by atoms with Crippen molar-refractivity contribution in [1.29, 1.82) is 0 Å². The summed E-state index contributed by atoms with van der Waals surface area (Å²) in [6.45, 7) is 3.64. The summed E-state index contributed by atoms with van der Waals surface area (Å²) in [7, 11) is -3.70. The van der Waals surface area contributed by atoms with Crippen LogP contribution in [0.15, 0.2) is 84.9 Å². The predicted octanol–water partition coefficient (Wildman–Crippen LogP) is 3.98. The predicted molar refractivity (Wildman–Crippen MR) is 177 cm³/mol. The number of fused-ring (bicyclic) bond motifs is 1. The largest absolute Gasteiger partial charge is 0.356 e. The van der Waals surface area contributed by atoms with Crippen molar-refractivity contribution in [3.05, 3.63) is 96.4 Å². The van der Waals surface area contributed by atoms with Crippen LogP contribution in [0.4, 0.5) is 4.39 Å². The Morgan fingerprint density at radius 1 is 0.936 bits per heavy atom. The van der Waals surface area contributed by atoms with Crippen molar-refractivity contribution in [2.24, 2.45) is 11.8 Å². The molecule has 0 spiro atoms. The van der Waals surface area contributed by atoms with Gasteiger partial charge in [0.25, 0.3) is 13.3 Å². The van der Waals surface area contributed by atoms with E-state index < -0.39 is 55.4 Å². The minimum absolute atomic E-state index is 0.0106. The van der Waals surface area contributed by atoms with Crippen LogP contribution in [0.25, 0.3) is 10.9 Å². The zero-order chi connectivity index (χ0) is 33.6. The average molecular weight is 661 g/mol. The van der Waals surface area contributed by atoms with Gasteiger partial charge in [-0.15, -0.1) is 0 Å². The highest BCUT2D eigenvalue weighted by atomic mass is 31.2. The molecule has 10 nitrogen and oxygen atoms in total. The number of halogens is 1. The van der Waals surface area contributed by atoms with Crippen LogP contribution in [0.5, 0.6) is 0 Å². The highest BCUT2D eigenvalue weighted by molar-refractivity contribution is 7.74. The molecule has 3 aromatic carbocycles. The lowest BCUT2D eigenvalue weighted by atomic mass is 9.95. The Labute approximate surface area is 272 Å². The summed E-state index contributed by atoms with van der Waals surface area (Å²) < 4.78 is 34.0. The Morgan fingerprint density at radius 3 is 2.19 bits per heavy atom. The number of benzene rings is 3. The molecular weight excluding hydrogens is 622 g/mol. The molecule has 2 heterocycles. The second-order valence-corrected chi connectivity index (χ2v) is 14.5. The molecule has 246 valence electrons. The fourth-order valence-electron chi connectivity index (χ4n) is 5.66. The SMILES string of the molecule is CC(C)C[C@H](NC(=O)c1cc2cc(F)ccc2[nH]1)C(=O)NC(C[C@@H]1CCNC1=O)C(=O)COP(=O)(c1ccccc1)c1ccccc1. The van der Waals surface area contributed by atoms with Crippen LogP contribution in [0.3, 0.4) is 0 Å². The molecule has 1 aliphatic rings. The number of hydrogen-bond donors (Lipinski definition) is 4. The molecule has 0 saturated carbocycles. The van der Waals surface area contributed by atoms with Crippen LogP contribution in [0, 0.1) is 17.7 Å². The molecule has 12 heteroatoms. The third kappa shape index (κ3) is 8.22. The number of nitrogens with one attached hydrogen (secondary N) is 4. The number of amides is 3. The molecule has 1 saturated heterocycles. The van der Waals surface area contributed by atoms with Crippen molar-refractivity contribution in [2.75, 3.05) is 13.2 Å². The number of carbonyl (C=O) groups is 4. The Balaban J connectivity index is 1.35. The number of carbonyl (C=O) groups excluding carboxylic acids is 4. The Morgan fingerprint density at radius 2 is 1.60 bits per heavy atom. The van der Waals surface area contributed by atoms with Crippen LogP contribution in [-0.2, 0) is 23.5 Å². The number of rotatable bonds is 14. The van der Waals surface area contributed by atoms with E-state index >= 15 is 0 Å². The van der Waals surface area contributed by atoms with Crippen LogP contribution in [0.1, 0.15) is 43.6 Å². The van der Waals surface area contributed by atoms with Gasteiger partial charge in [-0.05, 0) is 73.7 Å². The van der Waals surface area contributed by atoms with Crippen LogP contribution in [-0.4, -0.2) is 53.7 Å². The molecule has 4 N–H and O–H groups in total. The molecule has 4 aromatic rings. The van der Waals surface area contributed by atoms with E-state index in [0.29, 0.717) is 34.5 Å². The summed E-state index contributed by atoms with van der Waals surface area (Å²) in [6.07, 6.45) is 0.751. The quantitative estimate of drug-likeness (QED) is 0.151. The third-order valence-corrected chi connectivity index (χ3v) is 10.6. The Bertz CT molecular complexity index is 1750. The molecule has 1 fully saturated rings. The normalized spacial score (nSPS) is 16.1. The summed E-state index contributed by atoms with van der Waals surface area (Å²) in [4.78, 5) is 56.2. The first kappa shape index (κ1) is 33.8. The van der Waals surface area contributed by atoms with E-state index in [0.717, 1.165) is 0 Å². The number of aromatic amines is 1. The van der Waals surface area contributed by atoms with Crippen LogP contribution in [0.2, 0.25) is 0 Å². The maximum atomic E-state index is 14.3. The second-order valence-electron chi connectivity index (χ2n) is 12.1. The van der Waals surface area contributed by atoms with Gasteiger partial charge >= 0.3 is 0 Å². The van der Waals surface area contributed by atoms with Crippen molar-refractivity contribution >= 4 is 52.4 Å². The van der Waals surface area contributed by atoms with Gasteiger partial charge in [-0.3, -0.25) is 23.7 Å². The molecular formula is C35H38FN4O6P. The smallest absolute Gasteiger partial charge is 0.268 e. The maximum Gasteiger partial charge on any atom is 0.268 e. The first-order chi connectivity index (χ1) is 22.5. The van der Waals surface area contributed by atoms with Gasteiger partial charge in [0.05, 0.1) is 6.04 Å². The van der Waals surface area contributed by atoms with E-state index in [1.807, 2.05) is 13.8 Å². The van der Waals surface area contributed by atoms with Gasteiger partial charge in [0.1, 0.15) is 24.2 Å². The number of hydrogen-bond acceptors (Lipinski definition) is 6. The summed E-state index contributed by atoms with van der Waals surface area (Å²) in [5.41, 5.74) is 0.707. The minimum Gasteiger partial charge on any atom is -0.356 e. The number of H-pyrrole nitrogens is 1. The minimum atomic E-state index is -3.70. The Hall–Kier alpha value is -4.60. The van der Waals surface area contributed by atoms with E-state index in [1.165, 1.54) is 24.3 Å². The van der Waals surface area contributed by atoms with Crippen LogP contribution >= 0.6 is 7.37 Å². The van der Waals surface area contributed by atoms with E-state index in [-0.39, 0.29) is 30.4 Å². The fourth-order valence-corrected chi connectivity index (χ4v) is 7.70. The molecule has 0 radical (unpaired) electrons. The highest BCUT2D eigenvalue weighted by Crippen LogP contribution is 2.44. The summed E-state index contributed by atoms with van der Waals surface area (Å²) in [5.74, 6) is -2.94. The number of aromatic nitrogens is 1. The first-order valence-electron chi connectivity index (χ1n) is 15.6. The molecule has 3 amide bonds. The summed E-state index contributed by atoms with van der Waals surface area (Å²) in [5, 5.41) is 9.58. The van der Waals surface area contributed by atoms with Gasteiger partial charge < -0.3 is 25.5 Å². The van der Waals surface area contributed by atoms with Crippen molar-refractivity contribution in [2.45, 2.75) is 45.2 Å². The van der Waals surface area contributed by atoms with E-state index in [9.17, 15) is 28.1 Å². The van der Waals surface area contributed by atoms with Crippen molar-refractivity contribution in [3.63, 3.8) is 0 Å². The lowest BCUT2D eigenvalue weighted by Gasteiger charge is -2.26. The van der Waals surface area contributed by atoms with E-state index in [4.69, 9.17) is 4.52 Å². The third-order valence-electron chi connectivity index (χ3n) is 8.13. The van der Waals surface area contributed by atoms with E-state index in [2.05, 4.69) is 20.9 Å². The molecule has 3 atom stereocenters. The van der Waals surface area contributed by atoms with Gasteiger partial charge in [-0.1, -0.05) is 50.2 Å². The van der Waals surface area contributed by atoms with Crippen molar-refractivity contribution < 1.29 is 32.7 Å². The highest BCUT2D eigenvalue weighted by Gasteiger charge is 2.36. The molecule has 1 aromatic heterocycles. The van der Waals surface area contributed by atoms with Gasteiger partial charge in [-0.2, -0.15) is 0 Å². The molecule has 0 aliphatic carbocycles. The number of Topliss-reactive ketones (excluding diaryl/α,β-unsaturated/α-hetero) is 1. The van der Waals surface area contributed by atoms with Crippen molar-refractivity contribution in [3.8, 4) is 0 Å². The van der Waals surface area contributed by atoms with Crippen molar-refractivity contribution in [1.82, 2.24) is 20.9 Å². The zero-order valence-corrected chi connectivity index (χ0v) is 27.1. The second kappa shape index (κ2) is 14.9. The molecule has 1 unspecified atom stereocenters. The lowest BCUT2D eigenvalue weighted by molar-refractivity contribution is -0.131. The lowest BCUT2D eigenvalue weighted by Crippen LogP contribution is -2.53. The van der Waals surface area contributed by atoms with Gasteiger partial charge in [-0.25, -0.2) is 4.39 Å². The number of ketones is 1. The molecule has 5 rings (SSSR count). The first-order valence-corrected chi connectivity index (χ1v) is 17.2. The van der Waals surface area contributed by atoms with Crippen LogP contribution < -0.4 is 26.6 Å². The van der Waals surface area contributed by atoms with Gasteiger partial charge in [0.15, 0.2) is 5.78 Å². The standard InChI is InChI=1S/C35H38FN4O6P/c1-22(2)17-30(40-35(44)31-20-24-18-25(36)13-14-28(24)38-31)34(43)39-29(19-23-15-16-37-33(23)42)32(41)21-46-47(45,26-9-5-3-6-10-26)27-11-7-4-8-12-27/h3-14,18,20,22-23,29-30,38H,15-17,19,21H2,1-2H3,(H,37,42)(H,39,43)(H,40,44)/t23-,29?,30-/m0/s1. The fraction of sp³-hybridized carbons (Fsp3) is 0.314. The molecule has 1 aliphatic heterocycles. The Kier molecular flexibility index (Phi) is 10.7. The van der Waals surface area contributed by atoms with Gasteiger partial charge in [0, 0.05) is 34.0 Å². The zero-order valence-electron chi connectivity index (χ0n) is 26.2.